The third-order valence-corrected chi connectivity index (χ3v) is 3.03. The Balaban J connectivity index is 2.36. The lowest BCUT2D eigenvalue weighted by Crippen LogP contribution is -2.03. The smallest absolute Gasteiger partial charge is 0.133 e. The van der Waals surface area contributed by atoms with Gasteiger partial charge in [0.05, 0.1) is 17.2 Å². The fourth-order valence-corrected chi connectivity index (χ4v) is 1.90. The lowest BCUT2D eigenvalue weighted by atomic mass is 10.1. The van der Waals surface area contributed by atoms with Crippen LogP contribution in [0.1, 0.15) is 18.4 Å². The first-order valence-corrected chi connectivity index (χ1v) is 5.01. The van der Waals surface area contributed by atoms with E-state index >= 15 is 0 Å². The van der Waals surface area contributed by atoms with Gasteiger partial charge in [0, 0.05) is 0 Å². The zero-order valence-electron chi connectivity index (χ0n) is 7.38. The van der Waals surface area contributed by atoms with E-state index in [0.29, 0.717) is 0 Å². The van der Waals surface area contributed by atoms with Gasteiger partial charge in [-0.05, 0) is 46.5 Å². The molecule has 0 heterocycles. The Morgan fingerprint density at radius 2 is 2.15 bits per heavy atom. The fourth-order valence-electron chi connectivity index (χ4n) is 1.36. The van der Waals surface area contributed by atoms with Crippen LogP contribution >= 0.6 is 15.9 Å². The van der Waals surface area contributed by atoms with Crippen LogP contribution in [0.5, 0.6) is 5.75 Å². The largest absolute Gasteiger partial charge is 0.496 e. The van der Waals surface area contributed by atoms with E-state index in [2.05, 4.69) is 15.9 Å². The highest BCUT2D eigenvalue weighted by atomic mass is 79.9. The molecule has 13 heavy (non-hydrogen) atoms. The lowest BCUT2D eigenvalue weighted by molar-refractivity contribution is 0.151. The van der Waals surface area contributed by atoms with Gasteiger partial charge in [-0.2, -0.15) is 0 Å². The number of ether oxygens (including phenoxy) is 1. The van der Waals surface area contributed by atoms with Crippen molar-refractivity contribution in [1.29, 1.82) is 0 Å². The van der Waals surface area contributed by atoms with E-state index in [-0.39, 0.29) is 0 Å². The maximum Gasteiger partial charge on any atom is 0.133 e. The summed E-state index contributed by atoms with van der Waals surface area (Å²) in [7, 11) is 1.63. The SMILES string of the molecule is COc1ccc(C2(O)CC2)cc1Br. The first kappa shape index (κ1) is 9.03. The van der Waals surface area contributed by atoms with E-state index in [9.17, 15) is 5.11 Å². The molecular formula is C10H11BrO2. The molecule has 1 fully saturated rings. The van der Waals surface area contributed by atoms with Gasteiger partial charge < -0.3 is 9.84 Å². The second-order valence-corrected chi connectivity index (χ2v) is 4.24. The molecule has 0 spiro atoms. The van der Waals surface area contributed by atoms with Crippen LogP contribution in [0, 0.1) is 0 Å². The number of hydrogen-bond donors (Lipinski definition) is 1. The summed E-state index contributed by atoms with van der Waals surface area (Å²) >= 11 is 3.39. The third-order valence-electron chi connectivity index (χ3n) is 2.41. The molecule has 0 atom stereocenters. The molecular weight excluding hydrogens is 232 g/mol. The Kier molecular flexibility index (Phi) is 2.08. The second-order valence-electron chi connectivity index (χ2n) is 3.38. The van der Waals surface area contributed by atoms with E-state index in [1.54, 1.807) is 7.11 Å². The molecule has 0 aliphatic heterocycles. The van der Waals surface area contributed by atoms with Crippen molar-refractivity contribution in [3.63, 3.8) is 0 Å². The van der Waals surface area contributed by atoms with Gasteiger partial charge in [-0.25, -0.2) is 0 Å². The van der Waals surface area contributed by atoms with E-state index in [0.717, 1.165) is 28.6 Å². The van der Waals surface area contributed by atoms with Crippen LogP contribution in [0.15, 0.2) is 22.7 Å². The Morgan fingerprint density at radius 3 is 2.62 bits per heavy atom. The Hall–Kier alpha value is -0.540. The maximum absolute atomic E-state index is 9.83. The van der Waals surface area contributed by atoms with Crippen molar-refractivity contribution in [1.82, 2.24) is 0 Å². The first-order valence-electron chi connectivity index (χ1n) is 4.22. The predicted octanol–water partition coefficient (Wildman–Crippen LogP) is 2.44. The second kappa shape index (κ2) is 3.00. The van der Waals surface area contributed by atoms with Crippen molar-refractivity contribution >= 4 is 15.9 Å². The molecule has 1 aromatic carbocycles. The van der Waals surface area contributed by atoms with Crippen molar-refractivity contribution in [2.24, 2.45) is 0 Å². The van der Waals surface area contributed by atoms with Gasteiger partial charge in [0.25, 0.3) is 0 Å². The van der Waals surface area contributed by atoms with E-state index in [1.165, 1.54) is 0 Å². The number of aliphatic hydroxyl groups is 1. The average Bonchev–Trinajstić information content (AvgIpc) is 2.85. The van der Waals surface area contributed by atoms with Crippen molar-refractivity contribution in [3.8, 4) is 5.75 Å². The molecule has 0 saturated heterocycles. The quantitative estimate of drug-likeness (QED) is 0.864. The molecule has 0 unspecified atom stereocenters. The summed E-state index contributed by atoms with van der Waals surface area (Å²) in [5, 5.41) is 9.83. The minimum Gasteiger partial charge on any atom is -0.496 e. The van der Waals surface area contributed by atoms with Gasteiger partial charge >= 0.3 is 0 Å². The van der Waals surface area contributed by atoms with Gasteiger partial charge in [0.2, 0.25) is 0 Å². The highest BCUT2D eigenvalue weighted by molar-refractivity contribution is 9.10. The molecule has 0 radical (unpaired) electrons. The van der Waals surface area contributed by atoms with Crippen LogP contribution in [0.2, 0.25) is 0 Å². The molecule has 1 aliphatic rings. The fraction of sp³-hybridized carbons (Fsp3) is 0.400. The van der Waals surface area contributed by atoms with Crippen LogP contribution in [0.3, 0.4) is 0 Å². The Labute approximate surface area is 85.7 Å². The van der Waals surface area contributed by atoms with Crippen LogP contribution in [0.25, 0.3) is 0 Å². The highest BCUT2D eigenvalue weighted by Gasteiger charge is 2.42. The van der Waals surface area contributed by atoms with Gasteiger partial charge in [-0.15, -0.1) is 0 Å². The van der Waals surface area contributed by atoms with Crippen LogP contribution in [-0.4, -0.2) is 12.2 Å². The maximum atomic E-state index is 9.83. The summed E-state index contributed by atoms with van der Waals surface area (Å²) in [5.74, 6) is 0.799. The molecule has 1 saturated carbocycles. The number of benzene rings is 1. The van der Waals surface area contributed by atoms with E-state index in [1.807, 2.05) is 18.2 Å². The standard InChI is InChI=1S/C10H11BrO2/c1-13-9-3-2-7(6-8(9)11)10(12)4-5-10/h2-3,6,12H,4-5H2,1H3. The topological polar surface area (TPSA) is 29.5 Å². The van der Waals surface area contributed by atoms with E-state index < -0.39 is 5.60 Å². The molecule has 0 aromatic heterocycles. The monoisotopic (exact) mass is 242 g/mol. The third kappa shape index (κ3) is 1.58. The van der Waals surface area contributed by atoms with Crippen molar-refractivity contribution in [2.45, 2.75) is 18.4 Å². The minimum absolute atomic E-state index is 0.561. The predicted molar refractivity (Wildman–Crippen MR) is 53.8 cm³/mol. The molecule has 70 valence electrons. The molecule has 1 aromatic rings. The number of rotatable bonds is 2. The van der Waals surface area contributed by atoms with E-state index in [4.69, 9.17) is 4.74 Å². The number of hydrogen-bond acceptors (Lipinski definition) is 2. The van der Waals surface area contributed by atoms with Crippen molar-refractivity contribution < 1.29 is 9.84 Å². The molecule has 0 amide bonds. The zero-order valence-corrected chi connectivity index (χ0v) is 8.97. The molecule has 3 heteroatoms. The van der Waals surface area contributed by atoms with Gasteiger partial charge in [-0.1, -0.05) is 6.07 Å². The summed E-state index contributed by atoms with van der Waals surface area (Å²) < 4.78 is 6.00. The molecule has 1 N–H and O–H groups in total. The number of methoxy groups -OCH3 is 1. The van der Waals surface area contributed by atoms with Crippen LogP contribution in [0.4, 0.5) is 0 Å². The Morgan fingerprint density at radius 1 is 1.46 bits per heavy atom. The summed E-state index contributed by atoms with van der Waals surface area (Å²) in [6, 6.07) is 5.71. The lowest BCUT2D eigenvalue weighted by Gasteiger charge is -2.10. The normalized spacial score (nSPS) is 18.4. The van der Waals surface area contributed by atoms with Crippen LogP contribution in [-0.2, 0) is 5.60 Å². The molecule has 0 bridgehead atoms. The van der Waals surface area contributed by atoms with Crippen molar-refractivity contribution in [2.75, 3.05) is 7.11 Å². The molecule has 2 rings (SSSR count). The van der Waals surface area contributed by atoms with Gasteiger partial charge in [0.1, 0.15) is 5.75 Å². The summed E-state index contributed by atoms with van der Waals surface area (Å²) in [6.07, 6.45) is 1.73. The Bertz CT molecular complexity index is 332. The summed E-state index contributed by atoms with van der Waals surface area (Å²) in [6.45, 7) is 0. The van der Waals surface area contributed by atoms with Gasteiger partial charge in [-0.3, -0.25) is 0 Å². The molecule has 1 aliphatic carbocycles. The van der Waals surface area contributed by atoms with Crippen molar-refractivity contribution in [3.05, 3.63) is 28.2 Å². The van der Waals surface area contributed by atoms with Crippen LogP contribution < -0.4 is 4.74 Å². The number of halogens is 1. The summed E-state index contributed by atoms with van der Waals surface area (Å²) in [5.41, 5.74) is 0.412. The minimum atomic E-state index is -0.561. The first-order chi connectivity index (χ1) is 6.15. The van der Waals surface area contributed by atoms with Gasteiger partial charge in [0.15, 0.2) is 0 Å². The average molecular weight is 243 g/mol. The highest BCUT2D eigenvalue weighted by Crippen LogP contribution is 2.46. The summed E-state index contributed by atoms with van der Waals surface area (Å²) in [4.78, 5) is 0. The molecule has 2 nitrogen and oxygen atoms in total. The zero-order chi connectivity index (χ0) is 9.47.